The predicted molar refractivity (Wildman–Crippen MR) is 210 cm³/mol. The summed E-state index contributed by atoms with van der Waals surface area (Å²) in [6.07, 6.45) is 3.81. The van der Waals surface area contributed by atoms with Gasteiger partial charge in [0.15, 0.2) is 5.79 Å². The van der Waals surface area contributed by atoms with Crippen molar-refractivity contribution in [1.29, 1.82) is 0 Å². The van der Waals surface area contributed by atoms with Crippen molar-refractivity contribution < 1.29 is 33.3 Å². The predicted octanol–water partition coefficient (Wildman–Crippen LogP) is 9.07. The largest absolute Gasteiger partial charge is 0.457 e. The molecular weight excluding hydrogens is 722 g/mol. The van der Waals surface area contributed by atoms with Crippen molar-refractivity contribution in [2.24, 2.45) is 5.92 Å². The van der Waals surface area contributed by atoms with Gasteiger partial charge in [-0.3, -0.25) is 0 Å². The third-order valence-electron chi connectivity index (χ3n) is 9.53. The number of nitrogens with zero attached hydrogens (tertiary/aromatic N) is 5. The normalized spacial score (nSPS) is 20.6. The minimum Gasteiger partial charge on any atom is -0.457 e. The number of fused-ring (bicyclic) bond motifs is 2. The maximum absolute atomic E-state index is 13.8. The molecule has 0 unspecified atom stereocenters. The van der Waals surface area contributed by atoms with E-state index in [4.69, 9.17) is 35.3 Å². The molecule has 12 nitrogen and oxygen atoms in total. The molecular formula is C42H54ClN5O7. The van der Waals surface area contributed by atoms with Crippen LogP contribution in [0.25, 0.3) is 11.0 Å². The van der Waals surface area contributed by atoms with E-state index in [1.807, 2.05) is 122 Å². The topological polar surface area (TPSA) is 117 Å². The van der Waals surface area contributed by atoms with Crippen LogP contribution in [0.5, 0.6) is 11.5 Å². The van der Waals surface area contributed by atoms with Gasteiger partial charge in [0.1, 0.15) is 45.9 Å². The van der Waals surface area contributed by atoms with Gasteiger partial charge >= 0.3 is 12.2 Å². The zero-order valence-electron chi connectivity index (χ0n) is 33.2. The molecule has 0 radical (unpaired) electrons. The lowest BCUT2D eigenvalue weighted by atomic mass is 10.0. The Morgan fingerprint density at radius 1 is 0.855 bits per heavy atom. The van der Waals surface area contributed by atoms with Gasteiger partial charge in [-0.25, -0.2) is 19.6 Å². The van der Waals surface area contributed by atoms with E-state index in [-0.39, 0.29) is 24.2 Å². The van der Waals surface area contributed by atoms with Gasteiger partial charge in [-0.1, -0.05) is 41.9 Å². The van der Waals surface area contributed by atoms with Crippen LogP contribution in [0.3, 0.4) is 0 Å². The highest BCUT2D eigenvalue weighted by Gasteiger charge is 2.55. The van der Waals surface area contributed by atoms with Crippen LogP contribution in [0.4, 0.5) is 9.59 Å². The molecule has 13 heteroatoms. The average molecular weight is 776 g/mol. The molecule has 1 aliphatic heterocycles. The lowest BCUT2D eigenvalue weighted by molar-refractivity contribution is -0.160. The number of rotatable bonds is 12. The quantitative estimate of drug-likeness (QED) is 0.130. The number of carbonyl (C=O) groups is 2. The maximum atomic E-state index is 13.8. The molecule has 296 valence electrons. The highest BCUT2D eigenvalue weighted by Crippen LogP contribution is 2.48. The van der Waals surface area contributed by atoms with E-state index in [0.29, 0.717) is 50.6 Å². The van der Waals surface area contributed by atoms with Crippen LogP contribution >= 0.6 is 11.6 Å². The van der Waals surface area contributed by atoms with E-state index in [2.05, 4.69) is 14.5 Å². The van der Waals surface area contributed by atoms with Gasteiger partial charge in [-0.2, -0.15) is 0 Å². The van der Waals surface area contributed by atoms with Gasteiger partial charge in [0.05, 0.1) is 17.5 Å². The van der Waals surface area contributed by atoms with Gasteiger partial charge in [0.25, 0.3) is 0 Å². The second kappa shape index (κ2) is 16.4. The Balaban J connectivity index is 1.17. The number of ether oxygens (including phenoxy) is 5. The van der Waals surface area contributed by atoms with Gasteiger partial charge in [0.2, 0.25) is 0 Å². The van der Waals surface area contributed by atoms with Crippen molar-refractivity contribution in [1.82, 2.24) is 24.3 Å². The van der Waals surface area contributed by atoms with Crippen LogP contribution in [-0.4, -0.2) is 91.9 Å². The SMILES string of the molecule is CC(C)(C)OC(=O)N(CCCN(C[C@H]1C[C@@H](n2ccc3c(Cl)ncnc32)[C@@H]2OC(C)(C)O[C@H]12)C(=O)OC(C)(C)C)CCc1cccc(Oc2ccccc2)c1. The maximum Gasteiger partial charge on any atom is 0.410 e. The number of carbonyl (C=O) groups excluding carboxylic acids is 2. The molecule has 2 aliphatic rings. The Kier molecular flexibility index (Phi) is 12.0. The van der Waals surface area contributed by atoms with Crippen LogP contribution in [-0.2, 0) is 25.4 Å². The van der Waals surface area contributed by atoms with Gasteiger partial charge in [-0.05, 0) is 111 Å². The van der Waals surface area contributed by atoms with Crippen molar-refractivity contribution >= 4 is 34.8 Å². The molecule has 0 N–H and O–H groups in total. The molecule has 0 bridgehead atoms. The summed E-state index contributed by atoms with van der Waals surface area (Å²) in [5.74, 6) is 0.590. The minimum atomic E-state index is -0.806. The first-order valence-corrected chi connectivity index (χ1v) is 19.4. The molecule has 2 amide bonds. The van der Waals surface area contributed by atoms with Crippen LogP contribution < -0.4 is 4.74 Å². The molecule has 2 aromatic carbocycles. The fourth-order valence-electron chi connectivity index (χ4n) is 7.31. The van der Waals surface area contributed by atoms with E-state index in [1.54, 1.807) is 9.80 Å². The monoisotopic (exact) mass is 775 g/mol. The fourth-order valence-corrected chi connectivity index (χ4v) is 7.50. The smallest absolute Gasteiger partial charge is 0.410 e. The number of aromatic nitrogens is 3. The first kappa shape index (κ1) is 40.3. The van der Waals surface area contributed by atoms with Crippen molar-refractivity contribution in [3.63, 3.8) is 0 Å². The molecule has 0 spiro atoms. The average Bonchev–Trinajstić information content (AvgIpc) is 3.76. The summed E-state index contributed by atoms with van der Waals surface area (Å²) < 4.78 is 32.9. The molecule has 4 aromatic rings. The molecule has 1 saturated carbocycles. The zero-order valence-corrected chi connectivity index (χ0v) is 33.9. The first-order chi connectivity index (χ1) is 25.9. The summed E-state index contributed by atoms with van der Waals surface area (Å²) in [5.41, 5.74) is 0.374. The number of hydrogen-bond donors (Lipinski definition) is 0. The van der Waals surface area contributed by atoms with Crippen molar-refractivity contribution in [3.05, 3.63) is 83.9 Å². The van der Waals surface area contributed by atoms with Gasteiger partial charge in [0, 0.05) is 38.3 Å². The molecule has 2 aromatic heterocycles. The Bertz CT molecular complexity index is 1940. The second-order valence-corrected chi connectivity index (χ2v) is 17.2. The summed E-state index contributed by atoms with van der Waals surface area (Å²) in [4.78, 5) is 39.5. The van der Waals surface area contributed by atoms with E-state index in [9.17, 15) is 9.59 Å². The highest BCUT2D eigenvalue weighted by molar-refractivity contribution is 6.33. The van der Waals surface area contributed by atoms with Crippen LogP contribution in [0.2, 0.25) is 5.15 Å². The van der Waals surface area contributed by atoms with Crippen molar-refractivity contribution in [3.8, 4) is 11.5 Å². The Morgan fingerprint density at radius 2 is 1.51 bits per heavy atom. The second-order valence-electron chi connectivity index (χ2n) is 16.8. The molecule has 2 fully saturated rings. The van der Waals surface area contributed by atoms with E-state index in [0.717, 1.165) is 28.1 Å². The Morgan fingerprint density at radius 3 is 2.22 bits per heavy atom. The fraction of sp³-hybridized carbons (Fsp3) is 0.524. The lowest BCUT2D eigenvalue weighted by Crippen LogP contribution is -2.44. The molecule has 1 aliphatic carbocycles. The summed E-state index contributed by atoms with van der Waals surface area (Å²) in [6.45, 7) is 16.5. The van der Waals surface area contributed by atoms with Gasteiger partial charge in [-0.15, -0.1) is 0 Å². The number of hydrogen-bond acceptors (Lipinski definition) is 9. The third kappa shape index (κ3) is 10.5. The summed E-state index contributed by atoms with van der Waals surface area (Å²) >= 11 is 6.41. The summed E-state index contributed by atoms with van der Waals surface area (Å²) in [7, 11) is 0. The van der Waals surface area contributed by atoms with E-state index < -0.39 is 29.2 Å². The highest BCUT2D eigenvalue weighted by atomic mass is 35.5. The molecule has 1 saturated heterocycles. The zero-order chi connectivity index (χ0) is 39.5. The number of benzene rings is 2. The lowest BCUT2D eigenvalue weighted by Gasteiger charge is -2.32. The Labute approximate surface area is 329 Å². The Hall–Kier alpha value is -4.39. The molecule has 3 heterocycles. The van der Waals surface area contributed by atoms with E-state index >= 15 is 0 Å². The van der Waals surface area contributed by atoms with Crippen LogP contribution in [0.1, 0.15) is 79.8 Å². The van der Waals surface area contributed by atoms with Crippen molar-refractivity contribution in [2.75, 3.05) is 26.2 Å². The molecule has 55 heavy (non-hydrogen) atoms. The molecule has 6 rings (SSSR count). The number of para-hydroxylation sites is 1. The van der Waals surface area contributed by atoms with Gasteiger partial charge < -0.3 is 38.1 Å². The number of halogens is 1. The van der Waals surface area contributed by atoms with Crippen LogP contribution in [0, 0.1) is 5.92 Å². The third-order valence-corrected chi connectivity index (χ3v) is 9.83. The summed E-state index contributed by atoms with van der Waals surface area (Å²) in [6, 6.07) is 19.3. The number of amides is 2. The first-order valence-electron chi connectivity index (χ1n) is 19.0. The van der Waals surface area contributed by atoms with Crippen molar-refractivity contribution in [2.45, 2.75) is 110 Å². The van der Waals surface area contributed by atoms with Crippen LogP contribution in [0.15, 0.2) is 73.2 Å². The van der Waals surface area contributed by atoms with E-state index in [1.165, 1.54) is 6.33 Å². The minimum absolute atomic E-state index is 0.0774. The summed E-state index contributed by atoms with van der Waals surface area (Å²) in [5, 5.41) is 1.15. The standard InChI is InChI=1S/C42H54ClN5O7/c1-40(2,3)54-38(49)46(22-18-28-14-12-17-31(24-28)51-30-15-10-9-11-16-30)20-13-21-47(39(50)55-41(4,5)6)26-29-25-33(35-34(29)52-42(7,8)53-35)48-23-19-32-36(43)44-27-45-37(32)48/h9-12,14-17,19,23-24,27,29,33-35H,13,18,20-22,25-26H2,1-8H3/t29-,33-,34-,35+/m1/s1. The molecule has 4 atom stereocenters.